The summed E-state index contributed by atoms with van der Waals surface area (Å²) in [4.78, 5) is 27.6. The van der Waals surface area contributed by atoms with Crippen molar-refractivity contribution < 1.29 is 14.0 Å². The molecule has 20 heavy (non-hydrogen) atoms. The zero-order valence-electron chi connectivity index (χ0n) is 10.6. The zero-order valence-corrected chi connectivity index (χ0v) is 11.4. The minimum absolute atomic E-state index is 0.146. The Kier molecular flexibility index (Phi) is 3.51. The average Bonchev–Trinajstić information content (AvgIpc) is 2.98. The third kappa shape index (κ3) is 3.05. The van der Waals surface area contributed by atoms with E-state index in [1.807, 2.05) is 0 Å². The first-order chi connectivity index (χ1) is 9.72. The number of amides is 2. The molecule has 0 spiro atoms. The van der Waals surface area contributed by atoms with E-state index in [9.17, 15) is 9.59 Å². The van der Waals surface area contributed by atoms with Gasteiger partial charge in [0.1, 0.15) is 10.7 Å². The van der Waals surface area contributed by atoms with Crippen molar-refractivity contribution in [3.63, 3.8) is 0 Å². The van der Waals surface area contributed by atoms with Crippen LogP contribution in [0.1, 0.15) is 38.9 Å². The average molecular weight is 291 g/mol. The number of aromatic nitrogens is 1. The van der Waals surface area contributed by atoms with Crippen LogP contribution in [-0.4, -0.2) is 22.8 Å². The van der Waals surface area contributed by atoms with Gasteiger partial charge in [0, 0.05) is 11.4 Å². The molecular formula is C13H13N3O3S. The maximum absolute atomic E-state index is 11.8. The molecule has 2 aromatic heterocycles. The van der Waals surface area contributed by atoms with Crippen molar-refractivity contribution in [2.75, 3.05) is 0 Å². The Morgan fingerprint density at radius 3 is 2.95 bits per heavy atom. The topological polar surface area (TPSA) is 84.2 Å². The van der Waals surface area contributed by atoms with E-state index in [1.54, 1.807) is 17.5 Å². The van der Waals surface area contributed by atoms with Crippen molar-refractivity contribution in [2.24, 2.45) is 0 Å². The number of hydrogen-bond donors (Lipinski definition) is 2. The third-order valence-corrected chi connectivity index (χ3v) is 3.69. The zero-order chi connectivity index (χ0) is 13.9. The summed E-state index contributed by atoms with van der Waals surface area (Å²) in [6.45, 7) is 0.279. The second-order valence-electron chi connectivity index (χ2n) is 4.53. The normalized spacial score (nSPS) is 14.0. The molecule has 0 aliphatic heterocycles. The maximum atomic E-state index is 11.8. The number of rotatable bonds is 5. The molecule has 0 saturated heterocycles. The molecule has 2 N–H and O–H groups in total. The van der Waals surface area contributed by atoms with Crippen LogP contribution in [0.15, 0.2) is 28.2 Å². The van der Waals surface area contributed by atoms with Crippen molar-refractivity contribution in [1.29, 1.82) is 0 Å². The lowest BCUT2D eigenvalue weighted by molar-refractivity contribution is 0.0922. The van der Waals surface area contributed by atoms with Gasteiger partial charge in [-0.3, -0.25) is 9.59 Å². The molecule has 1 aliphatic rings. The van der Waals surface area contributed by atoms with E-state index in [-0.39, 0.29) is 24.1 Å². The quantitative estimate of drug-likeness (QED) is 0.875. The molecule has 1 saturated carbocycles. The van der Waals surface area contributed by atoms with Gasteiger partial charge in [-0.2, -0.15) is 0 Å². The van der Waals surface area contributed by atoms with E-state index in [0.29, 0.717) is 16.7 Å². The maximum Gasteiger partial charge on any atom is 0.287 e. The van der Waals surface area contributed by atoms with Crippen LogP contribution < -0.4 is 10.6 Å². The third-order valence-electron chi connectivity index (χ3n) is 2.84. The molecule has 1 aliphatic carbocycles. The number of hydrogen-bond acceptors (Lipinski definition) is 5. The molecule has 2 heterocycles. The Morgan fingerprint density at radius 2 is 2.25 bits per heavy atom. The van der Waals surface area contributed by atoms with Crippen molar-refractivity contribution in [3.05, 3.63) is 40.2 Å². The van der Waals surface area contributed by atoms with Crippen LogP contribution in [0.5, 0.6) is 0 Å². The number of furan rings is 1. The van der Waals surface area contributed by atoms with Crippen LogP contribution in [0.2, 0.25) is 0 Å². The summed E-state index contributed by atoms with van der Waals surface area (Å²) >= 11 is 1.35. The van der Waals surface area contributed by atoms with E-state index in [1.165, 1.54) is 17.6 Å². The van der Waals surface area contributed by atoms with Gasteiger partial charge < -0.3 is 15.1 Å². The number of nitrogens with one attached hydrogen (secondary N) is 2. The molecule has 6 nitrogen and oxygen atoms in total. The number of carbonyl (C=O) groups is 2. The van der Waals surface area contributed by atoms with Gasteiger partial charge in [-0.05, 0) is 25.0 Å². The Hall–Kier alpha value is -2.15. The van der Waals surface area contributed by atoms with Crippen LogP contribution in [0.4, 0.5) is 0 Å². The van der Waals surface area contributed by atoms with Crippen molar-refractivity contribution in [1.82, 2.24) is 15.6 Å². The van der Waals surface area contributed by atoms with E-state index in [2.05, 4.69) is 15.6 Å². The second kappa shape index (κ2) is 5.46. The Morgan fingerprint density at radius 1 is 1.40 bits per heavy atom. The highest BCUT2D eigenvalue weighted by Gasteiger charge is 2.24. The van der Waals surface area contributed by atoms with Gasteiger partial charge in [0.15, 0.2) is 5.76 Å². The summed E-state index contributed by atoms with van der Waals surface area (Å²) in [5, 5.41) is 7.95. The van der Waals surface area contributed by atoms with Gasteiger partial charge in [0.25, 0.3) is 11.8 Å². The van der Waals surface area contributed by atoms with Crippen LogP contribution in [0.25, 0.3) is 0 Å². The number of nitrogens with zero attached hydrogens (tertiary/aromatic N) is 1. The fourth-order valence-electron chi connectivity index (χ4n) is 1.63. The fraction of sp³-hybridized carbons (Fsp3) is 0.308. The molecule has 0 atom stereocenters. The highest BCUT2D eigenvalue weighted by molar-refractivity contribution is 7.09. The molecule has 1 fully saturated rings. The van der Waals surface area contributed by atoms with E-state index in [4.69, 9.17) is 4.42 Å². The summed E-state index contributed by atoms with van der Waals surface area (Å²) in [6.07, 6.45) is 3.53. The number of carbonyl (C=O) groups excluding carboxylic acids is 2. The Labute approximate surface area is 119 Å². The lowest BCUT2D eigenvalue weighted by Crippen LogP contribution is -2.26. The minimum atomic E-state index is -0.297. The first-order valence-electron chi connectivity index (χ1n) is 6.29. The molecule has 3 rings (SSSR count). The van der Waals surface area contributed by atoms with Gasteiger partial charge in [0.2, 0.25) is 0 Å². The van der Waals surface area contributed by atoms with E-state index in [0.717, 1.165) is 12.8 Å². The summed E-state index contributed by atoms with van der Waals surface area (Å²) in [6, 6.07) is 3.55. The summed E-state index contributed by atoms with van der Waals surface area (Å²) in [5.74, 6) is -0.185. The van der Waals surface area contributed by atoms with E-state index >= 15 is 0 Å². The van der Waals surface area contributed by atoms with Crippen LogP contribution >= 0.6 is 11.3 Å². The molecule has 0 bridgehead atoms. The molecule has 0 unspecified atom stereocenters. The molecule has 2 amide bonds. The lowest BCUT2D eigenvalue weighted by atomic mass is 10.4. The Balaban J connectivity index is 1.54. The summed E-state index contributed by atoms with van der Waals surface area (Å²) in [5.41, 5.74) is 0.407. The summed E-state index contributed by atoms with van der Waals surface area (Å²) in [7, 11) is 0. The van der Waals surface area contributed by atoms with Gasteiger partial charge >= 0.3 is 0 Å². The van der Waals surface area contributed by atoms with Crippen molar-refractivity contribution >= 4 is 23.2 Å². The highest BCUT2D eigenvalue weighted by atomic mass is 32.1. The van der Waals surface area contributed by atoms with Gasteiger partial charge in [0.05, 0.1) is 12.8 Å². The first kappa shape index (κ1) is 12.9. The SMILES string of the molecule is O=C(NC1CC1)c1csc(CNC(=O)c2ccco2)n1. The van der Waals surface area contributed by atoms with Crippen molar-refractivity contribution in [2.45, 2.75) is 25.4 Å². The fourth-order valence-corrected chi connectivity index (χ4v) is 2.35. The van der Waals surface area contributed by atoms with Gasteiger partial charge in [-0.15, -0.1) is 11.3 Å². The van der Waals surface area contributed by atoms with E-state index < -0.39 is 0 Å². The molecule has 2 aromatic rings. The van der Waals surface area contributed by atoms with Crippen LogP contribution in [0, 0.1) is 0 Å². The highest BCUT2D eigenvalue weighted by Crippen LogP contribution is 2.19. The molecule has 104 valence electrons. The molecule has 0 radical (unpaired) electrons. The minimum Gasteiger partial charge on any atom is -0.459 e. The van der Waals surface area contributed by atoms with Crippen molar-refractivity contribution in [3.8, 4) is 0 Å². The monoisotopic (exact) mass is 291 g/mol. The molecule has 7 heteroatoms. The van der Waals surface area contributed by atoms with Crippen LogP contribution in [0.3, 0.4) is 0 Å². The standard InChI is InChI=1S/C13H13N3O3S/c17-12(15-8-3-4-8)9-7-20-11(16-9)6-14-13(18)10-2-1-5-19-10/h1-2,5,7-8H,3-4,6H2,(H,14,18)(H,15,17). The largest absolute Gasteiger partial charge is 0.459 e. The molecular weight excluding hydrogens is 278 g/mol. The smallest absolute Gasteiger partial charge is 0.287 e. The predicted octanol–water partition coefficient (Wildman–Crippen LogP) is 1.56. The number of thiazole rings is 1. The molecule has 0 aromatic carbocycles. The predicted molar refractivity (Wildman–Crippen MR) is 72.5 cm³/mol. The summed E-state index contributed by atoms with van der Waals surface area (Å²) < 4.78 is 4.98. The van der Waals surface area contributed by atoms with Crippen LogP contribution in [-0.2, 0) is 6.54 Å². The van der Waals surface area contributed by atoms with Gasteiger partial charge in [-0.25, -0.2) is 4.98 Å². The lowest BCUT2D eigenvalue weighted by Gasteiger charge is -2.00. The Bertz CT molecular complexity index is 617. The second-order valence-corrected chi connectivity index (χ2v) is 5.48. The first-order valence-corrected chi connectivity index (χ1v) is 7.17. The van der Waals surface area contributed by atoms with Gasteiger partial charge in [-0.1, -0.05) is 0 Å².